The third-order valence-electron chi connectivity index (χ3n) is 3.55. The first-order chi connectivity index (χ1) is 12.2. The molecule has 0 amide bonds. The van der Waals surface area contributed by atoms with Crippen molar-refractivity contribution in [2.75, 3.05) is 18.4 Å². The molecule has 1 aromatic rings. The van der Waals surface area contributed by atoms with E-state index in [4.69, 9.17) is 15.3 Å². The van der Waals surface area contributed by atoms with Crippen molar-refractivity contribution in [3.05, 3.63) is 29.3 Å². The lowest BCUT2D eigenvalue weighted by Gasteiger charge is -2.16. The van der Waals surface area contributed by atoms with Crippen LogP contribution in [0.25, 0.3) is 0 Å². The zero-order valence-electron chi connectivity index (χ0n) is 14.3. The number of nitrogens with one attached hydrogen (secondary N) is 2. The first-order valence-electron chi connectivity index (χ1n) is 7.71. The molecule has 0 saturated carbocycles. The van der Waals surface area contributed by atoms with E-state index in [0.29, 0.717) is 11.3 Å². The van der Waals surface area contributed by atoms with Crippen molar-refractivity contribution >= 4 is 29.6 Å². The molecule has 1 aromatic carbocycles. The summed E-state index contributed by atoms with van der Waals surface area (Å²) >= 11 is 0. The van der Waals surface area contributed by atoms with Gasteiger partial charge in [0.1, 0.15) is 12.6 Å². The number of benzene rings is 1. The molecule has 0 aliphatic heterocycles. The SMILES string of the molecule is O.O=C(O)CCC(NCCc1c(NCC(=O)O)cccc1C(=O)O)C(=O)O. The molecule has 27 heavy (non-hydrogen) atoms. The maximum atomic E-state index is 11.4. The summed E-state index contributed by atoms with van der Waals surface area (Å²) in [6.07, 6.45) is -0.322. The molecule has 0 spiro atoms. The van der Waals surface area contributed by atoms with Crippen molar-refractivity contribution < 1.29 is 45.1 Å². The predicted octanol–water partition coefficient (Wildman–Crippen LogP) is -0.493. The van der Waals surface area contributed by atoms with Crippen molar-refractivity contribution in [3.8, 4) is 0 Å². The average Bonchev–Trinajstić information content (AvgIpc) is 2.55. The molecule has 0 radical (unpaired) electrons. The van der Waals surface area contributed by atoms with Crippen molar-refractivity contribution in [2.45, 2.75) is 25.3 Å². The summed E-state index contributed by atoms with van der Waals surface area (Å²) in [7, 11) is 0. The third-order valence-corrected chi connectivity index (χ3v) is 3.55. The van der Waals surface area contributed by atoms with Crippen LogP contribution in [0.1, 0.15) is 28.8 Å². The fourth-order valence-corrected chi connectivity index (χ4v) is 2.35. The quantitative estimate of drug-likeness (QED) is 0.272. The van der Waals surface area contributed by atoms with Crippen LogP contribution in [-0.2, 0) is 20.8 Å². The van der Waals surface area contributed by atoms with E-state index in [2.05, 4.69) is 10.6 Å². The summed E-state index contributed by atoms with van der Waals surface area (Å²) in [5, 5.41) is 41.1. The number of carbonyl (C=O) groups is 4. The zero-order chi connectivity index (χ0) is 19.7. The second-order valence-corrected chi connectivity index (χ2v) is 5.41. The van der Waals surface area contributed by atoms with Gasteiger partial charge in [0.25, 0.3) is 0 Å². The normalized spacial score (nSPS) is 11.1. The molecular weight excluding hydrogens is 364 g/mol. The highest BCUT2D eigenvalue weighted by Crippen LogP contribution is 2.21. The van der Waals surface area contributed by atoms with Crippen LogP contribution in [0.15, 0.2) is 18.2 Å². The molecule has 11 nitrogen and oxygen atoms in total. The molecule has 11 heteroatoms. The molecule has 0 aromatic heterocycles. The predicted molar refractivity (Wildman–Crippen MR) is 93.1 cm³/mol. The monoisotopic (exact) mass is 386 g/mol. The molecule has 1 rings (SSSR count). The van der Waals surface area contributed by atoms with E-state index in [1.807, 2.05) is 0 Å². The zero-order valence-corrected chi connectivity index (χ0v) is 14.3. The van der Waals surface area contributed by atoms with Gasteiger partial charge in [-0.2, -0.15) is 0 Å². The van der Waals surface area contributed by atoms with E-state index in [-0.39, 0.29) is 36.8 Å². The van der Waals surface area contributed by atoms with Crippen molar-refractivity contribution in [3.63, 3.8) is 0 Å². The Bertz CT molecular complexity index is 690. The van der Waals surface area contributed by atoms with Crippen molar-refractivity contribution in [1.29, 1.82) is 0 Å². The molecule has 0 aliphatic rings. The Labute approximate surface area is 153 Å². The maximum Gasteiger partial charge on any atom is 0.336 e. The molecule has 0 heterocycles. The van der Waals surface area contributed by atoms with E-state index in [9.17, 15) is 24.3 Å². The van der Waals surface area contributed by atoms with Crippen LogP contribution < -0.4 is 10.6 Å². The lowest BCUT2D eigenvalue weighted by molar-refractivity contribution is -0.141. The number of hydrogen-bond acceptors (Lipinski definition) is 6. The second-order valence-electron chi connectivity index (χ2n) is 5.41. The van der Waals surface area contributed by atoms with Crippen LogP contribution in [0.4, 0.5) is 5.69 Å². The first-order valence-corrected chi connectivity index (χ1v) is 7.71. The van der Waals surface area contributed by atoms with Gasteiger partial charge in [-0.15, -0.1) is 0 Å². The highest BCUT2D eigenvalue weighted by atomic mass is 16.4. The van der Waals surface area contributed by atoms with E-state index in [0.717, 1.165) is 0 Å². The molecule has 1 unspecified atom stereocenters. The lowest BCUT2D eigenvalue weighted by Crippen LogP contribution is -2.38. The highest BCUT2D eigenvalue weighted by molar-refractivity contribution is 5.91. The summed E-state index contributed by atoms with van der Waals surface area (Å²) in [6, 6.07) is 3.28. The standard InChI is InChI=1S/C16H20N2O8.H2O/c19-13(20)5-4-12(16(25)26)17-7-6-9-10(15(23)24)2-1-3-11(9)18-8-14(21)22;/h1-3,12,17-18H,4-8H2,(H,19,20)(H,21,22)(H,23,24)(H,25,26);1H2. The molecular formula is C16H22N2O9. The molecule has 150 valence electrons. The summed E-state index contributed by atoms with van der Waals surface area (Å²) in [6.45, 7) is -0.331. The number of carboxylic acid groups (broad SMARTS) is 4. The number of aromatic carboxylic acids is 1. The minimum atomic E-state index is -1.21. The Balaban J connectivity index is 0.00000676. The van der Waals surface area contributed by atoms with Crippen LogP contribution in [0.2, 0.25) is 0 Å². The fourth-order valence-electron chi connectivity index (χ4n) is 2.35. The van der Waals surface area contributed by atoms with Crippen LogP contribution in [0, 0.1) is 0 Å². The van der Waals surface area contributed by atoms with Gasteiger partial charge in [-0.25, -0.2) is 4.79 Å². The Morgan fingerprint density at radius 3 is 2.19 bits per heavy atom. The summed E-state index contributed by atoms with van der Waals surface area (Å²) in [5.41, 5.74) is 0.627. The van der Waals surface area contributed by atoms with E-state index < -0.39 is 36.5 Å². The van der Waals surface area contributed by atoms with Crippen LogP contribution in [0.5, 0.6) is 0 Å². The van der Waals surface area contributed by atoms with Crippen molar-refractivity contribution in [1.82, 2.24) is 5.32 Å². The van der Waals surface area contributed by atoms with Crippen LogP contribution in [0.3, 0.4) is 0 Å². The fraction of sp³-hybridized carbons (Fsp3) is 0.375. The molecule has 0 aliphatic carbocycles. The van der Waals surface area contributed by atoms with Crippen molar-refractivity contribution in [2.24, 2.45) is 0 Å². The number of carboxylic acids is 4. The molecule has 0 saturated heterocycles. The summed E-state index contributed by atoms with van der Waals surface area (Å²) < 4.78 is 0. The molecule has 0 bridgehead atoms. The number of aliphatic carboxylic acids is 3. The van der Waals surface area contributed by atoms with Gasteiger partial charge in [-0.3, -0.25) is 14.4 Å². The molecule has 1 atom stereocenters. The molecule has 0 fully saturated rings. The van der Waals surface area contributed by atoms with E-state index in [1.165, 1.54) is 18.2 Å². The number of hydrogen-bond donors (Lipinski definition) is 6. The van der Waals surface area contributed by atoms with E-state index in [1.54, 1.807) is 0 Å². The lowest BCUT2D eigenvalue weighted by atomic mass is 10.0. The van der Waals surface area contributed by atoms with Gasteiger partial charge in [-0.1, -0.05) is 6.07 Å². The highest BCUT2D eigenvalue weighted by Gasteiger charge is 2.19. The van der Waals surface area contributed by atoms with Gasteiger partial charge < -0.3 is 36.5 Å². The van der Waals surface area contributed by atoms with Gasteiger partial charge in [0.15, 0.2) is 0 Å². The van der Waals surface area contributed by atoms with Gasteiger partial charge in [-0.05, 0) is 30.5 Å². The minimum absolute atomic E-state index is 0. The first kappa shape index (κ1) is 23.8. The Morgan fingerprint density at radius 1 is 1.00 bits per heavy atom. The number of anilines is 1. The van der Waals surface area contributed by atoms with Gasteiger partial charge >= 0.3 is 23.9 Å². The summed E-state index contributed by atoms with van der Waals surface area (Å²) in [4.78, 5) is 43.8. The number of rotatable bonds is 12. The maximum absolute atomic E-state index is 11.4. The minimum Gasteiger partial charge on any atom is -0.481 e. The smallest absolute Gasteiger partial charge is 0.336 e. The second kappa shape index (κ2) is 11.4. The Hall–Kier alpha value is -3.18. The van der Waals surface area contributed by atoms with Gasteiger partial charge in [0.2, 0.25) is 0 Å². The van der Waals surface area contributed by atoms with Crippen LogP contribution in [-0.4, -0.2) is 68.9 Å². The Kier molecular flexibility index (Phi) is 10.1. The Morgan fingerprint density at radius 2 is 1.67 bits per heavy atom. The van der Waals surface area contributed by atoms with Crippen LogP contribution >= 0.6 is 0 Å². The largest absolute Gasteiger partial charge is 0.481 e. The third kappa shape index (κ3) is 8.16. The topological polar surface area (TPSA) is 205 Å². The van der Waals surface area contributed by atoms with E-state index >= 15 is 0 Å². The molecule has 8 N–H and O–H groups in total. The summed E-state index contributed by atoms with van der Waals surface area (Å²) in [5.74, 6) is -4.63. The van der Waals surface area contributed by atoms with Gasteiger partial charge in [0.05, 0.1) is 5.56 Å². The average molecular weight is 386 g/mol. The van der Waals surface area contributed by atoms with Gasteiger partial charge in [0, 0.05) is 18.7 Å².